The number of amides is 1. The quantitative estimate of drug-likeness (QED) is 0.789. The van der Waals surface area contributed by atoms with Crippen molar-refractivity contribution in [3.63, 3.8) is 0 Å². The number of aromatic amines is 1. The first-order valence-electron chi connectivity index (χ1n) is 5.56. The van der Waals surface area contributed by atoms with Crippen LogP contribution >= 0.6 is 0 Å². The predicted octanol–water partition coefficient (Wildman–Crippen LogP) is -0.174. The van der Waals surface area contributed by atoms with E-state index in [9.17, 15) is 14.4 Å². The smallest absolute Gasteiger partial charge is 0.273 e. The molecule has 0 saturated heterocycles. The molecular weight excluding hydrogens is 234 g/mol. The number of rotatable bonds is 3. The molecule has 1 amide bonds. The lowest BCUT2D eigenvalue weighted by molar-refractivity contribution is -0.120. The molecular formula is C12H13N3O3. The lowest BCUT2D eigenvalue weighted by Gasteiger charge is -2.06. The summed E-state index contributed by atoms with van der Waals surface area (Å²) < 4.78 is 1.17. The molecule has 0 saturated carbocycles. The van der Waals surface area contributed by atoms with Crippen molar-refractivity contribution in [2.75, 3.05) is 7.05 Å². The average molecular weight is 247 g/mol. The van der Waals surface area contributed by atoms with Crippen LogP contribution in [0.4, 0.5) is 0 Å². The maximum atomic E-state index is 12.0. The number of nitrogens with one attached hydrogen (secondary N) is 2. The van der Waals surface area contributed by atoms with Gasteiger partial charge in [-0.2, -0.15) is 0 Å². The molecule has 1 heterocycles. The van der Waals surface area contributed by atoms with Gasteiger partial charge in [0.05, 0.1) is 17.3 Å². The summed E-state index contributed by atoms with van der Waals surface area (Å²) in [5.41, 5.74) is -0.629. The third kappa shape index (κ3) is 2.17. The van der Waals surface area contributed by atoms with E-state index in [4.69, 9.17) is 0 Å². The highest BCUT2D eigenvalue weighted by Gasteiger charge is 2.07. The van der Waals surface area contributed by atoms with Crippen molar-refractivity contribution in [1.29, 1.82) is 0 Å². The van der Waals surface area contributed by atoms with Crippen LogP contribution in [-0.4, -0.2) is 22.7 Å². The first kappa shape index (κ1) is 12.1. The Bertz CT molecular complexity index is 700. The molecule has 94 valence electrons. The van der Waals surface area contributed by atoms with Crippen LogP contribution in [0.3, 0.4) is 0 Å². The van der Waals surface area contributed by atoms with Gasteiger partial charge in [-0.1, -0.05) is 12.1 Å². The van der Waals surface area contributed by atoms with Gasteiger partial charge in [0.15, 0.2) is 0 Å². The van der Waals surface area contributed by atoms with Gasteiger partial charge in [0.25, 0.3) is 11.1 Å². The molecule has 0 aliphatic heterocycles. The molecule has 0 bridgehead atoms. The van der Waals surface area contributed by atoms with Gasteiger partial charge in [-0.3, -0.25) is 19.5 Å². The Morgan fingerprint density at radius 1 is 1.28 bits per heavy atom. The van der Waals surface area contributed by atoms with Crippen molar-refractivity contribution < 1.29 is 4.79 Å². The first-order valence-corrected chi connectivity index (χ1v) is 5.56. The number of carbonyl (C=O) groups is 1. The van der Waals surface area contributed by atoms with Crippen molar-refractivity contribution in [3.8, 4) is 0 Å². The highest BCUT2D eigenvalue weighted by atomic mass is 16.2. The SMILES string of the molecule is CNC(=O)CCn1[nH]c(=O)c2ccccc2c1=O. The maximum Gasteiger partial charge on any atom is 0.273 e. The topological polar surface area (TPSA) is 84.0 Å². The lowest BCUT2D eigenvalue weighted by Crippen LogP contribution is -2.31. The molecule has 0 radical (unpaired) electrons. The fraction of sp³-hybridized carbons (Fsp3) is 0.250. The van der Waals surface area contributed by atoms with E-state index in [1.165, 1.54) is 11.7 Å². The minimum Gasteiger partial charge on any atom is -0.359 e. The molecule has 0 aliphatic carbocycles. The van der Waals surface area contributed by atoms with Gasteiger partial charge in [-0.15, -0.1) is 0 Å². The fourth-order valence-corrected chi connectivity index (χ4v) is 1.74. The van der Waals surface area contributed by atoms with E-state index in [0.717, 1.165) is 0 Å². The van der Waals surface area contributed by atoms with Crippen molar-refractivity contribution in [1.82, 2.24) is 15.1 Å². The lowest BCUT2D eigenvalue weighted by atomic mass is 10.2. The van der Waals surface area contributed by atoms with E-state index in [-0.39, 0.29) is 30.0 Å². The zero-order valence-corrected chi connectivity index (χ0v) is 9.90. The van der Waals surface area contributed by atoms with Crippen LogP contribution in [0.5, 0.6) is 0 Å². The van der Waals surface area contributed by atoms with E-state index < -0.39 is 0 Å². The van der Waals surface area contributed by atoms with Crippen molar-refractivity contribution in [3.05, 3.63) is 45.0 Å². The van der Waals surface area contributed by atoms with Crippen LogP contribution in [0.1, 0.15) is 6.42 Å². The third-order valence-corrected chi connectivity index (χ3v) is 2.73. The Labute approximate surface area is 102 Å². The highest BCUT2D eigenvalue weighted by Crippen LogP contribution is 2.02. The number of hydrogen-bond donors (Lipinski definition) is 2. The summed E-state index contributed by atoms with van der Waals surface area (Å²) >= 11 is 0. The first-order chi connectivity index (χ1) is 8.63. The van der Waals surface area contributed by atoms with E-state index in [1.807, 2.05) is 0 Å². The van der Waals surface area contributed by atoms with Gasteiger partial charge in [0.2, 0.25) is 5.91 Å². The van der Waals surface area contributed by atoms with Crippen LogP contribution < -0.4 is 16.4 Å². The number of benzene rings is 1. The Hall–Kier alpha value is -2.37. The van der Waals surface area contributed by atoms with Gasteiger partial charge >= 0.3 is 0 Å². The molecule has 1 aromatic carbocycles. The van der Waals surface area contributed by atoms with Crippen LogP contribution in [0, 0.1) is 0 Å². The highest BCUT2D eigenvalue weighted by molar-refractivity contribution is 5.80. The molecule has 6 heteroatoms. The average Bonchev–Trinajstić information content (AvgIpc) is 2.41. The Morgan fingerprint density at radius 3 is 2.61 bits per heavy atom. The summed E-state index contributed by atoms with van der Waals surface area (Å²) in [6.45, 7) is 0.151. The van der Waals surface area contributed by atoms with E-state index in [1.54, 1.807) is 24.3 Å². The molecule has 2 aromatic rings. The minimum atomic E-state index is -0.331. The van der Waals surface area contributed by atoms with E-state index >= 15 is 0 Å². The zero-order chi connectivity index (χ0) is 13.1. The number of H-pyrrole nitrogens is 1. The second-order valence-corrected chi connectivity index (χ2v) is 3.87. The Balaban J connectivity index is 2.47. The summed E-state index contributed by atoms with van der Waals surface area (Å²) in [4.78, 5) is 34.9. The number of carbonyl (C=O) groups excluding carboxylic acids is 1. The van der Waals surface area contributed by atoms with E-state index in [2.05, 4.69) is 10.4 Å². The van der Waals surface area contributed by atoms with E-state index in [0.29, 0.717) is 10.8 Å². The fourth-order valence-electron chi connectivity index (χ4n) is 1.74. The molecule has 0 fully saturated rings. The normalized spacial score (nSPS) is 10.5. The predicted molar refractivity (Wildman–Crippen MR) is 67.5 cm³/mol. The summed E-state index contributed by atoms with van der Waals surface area (Å²) in [5, 5.41) is 5.65. The number of nitrogens with zero attached hydrogens (tertiary/aromatic N) is 1. The number of aromatic nitrogens is 2. The Kier molecular flexibility index (Phi) is 3.27. The molecule has 2 N–H and O–H groups in total. The molecule has 0 unspecified atom stereocenters. The van der Waals surface area contributed by atoms with Gasteiger partial charge in [0, 0.05) is 13.5 Å². The van der Waals surface area contributed by atoms with Gasteiger partial charge in [-0.25, -0.2) is 4.68 Å². The number of fused-ring (bicyclic) bond motifs is 1. The van der Waals surface area contributed by atoms with Gasteiger partial charge < -0.3 is 5.32 Å². The van der Waals surface area contributed by atoms with Gasteiger partial charge in [0.1, 0.15) is 0 Å². The monoisotopic (exact) mass is 247 g/mol. The van der Waals surface area contributed by atoms with Crippen molar-refractivity contribution in [2.24, 2.45) is 0 Å². The summed E-state index contributed by atoms with van der Waals surface area (Å²) in [6, 6.07) is 6.60. The molecule has 0 atom stereocenters. The van der Waals surface area contributed by atoms with Crippen LogP contribution in [0.2, 0.25) is 0 Å². The van der Waals surface area contributed by atoms with Gasteiger partial charge in [-0.05, 0) is 12.1 Å². The van der Waals surface area contributed by atoms with Crippen LogP contribution in [0.25, 0.3) is 10.8 Å². The molecule has 0 aliphatic rings. The van der Waals surface area contributed by atoms with Crippen molar-refractivity contribution in [2.45, 2.75) is 13.0 Å². The van der Waals surface area contributed by atoms with Crippen LogP contribution in [0.15, 0.2) is 33.9 Å². The minimum absolute atomic E-state index is 0.144. The summed E-state index contributed by atoms with van der Waals surface area (Å²) in [7, 11) is 1.52. The molecule has 2 rings (SSSR count). The second-order valence-electron chi connectivity index (χ2n) is 3.87. The van der Waals surface area contributed by atoms with Crippen LogP contribution in [-0.2, 0) is 11.3 Å². The molecule has 6 nitrogen and oxygen atoms in total. The third-order valence-electron chi connectivity index (χ3n) is 2.73. The Morgan fingerprint density at radius 2 is 1.94 bits per heavy atom. The maximum absolute atomic E-state index is 12.0. The standard InChI is InChI=1S/C12H13N3O3/c1-13-10(16)6-7-15-12(18)9-5-3-2-4-8(9)11(17)14-15/h2-5H,6-7H2,1H3,(H,13,16)(H,14,17). The molecule has 18 heavy (non-hydrogen) atoms. The number of aryl methyl sites for hydroxylation is 1. The second kappa shape index (κ2) is 4.87. The number of hydrogen-bond acceptors (Lipinski definition) is 3. The largest absolute Gasteiger partial charge is 0.359 e. The van der Waals surface area contributed by atoms with Crippen molar-refractivity contribution >= 4 is 16.7 Å². The summed E-state index contributed by atoms with van der Waals surface area (Å²) in [6.07, 6.45) is 0.144. The zero-order valence-electron chi connectivity index (χ0n) is 9.90. The summed E-state index contributed by atoms with van der Waals surface area (Å²) in [5.74, 6) is -0.184. The molecule has 1 aromatic heterocycles. The molecule has 0 spiro atoms.